The van der Waals surface area contributed by atoms with Crippen LogP contribution in [0.3, 0.4) is 0 Å². The van der Waals surface area contributed by atoms with Crippen molar-refractivity contribution in [1.29, 1.82) is 5.26 Å². The molecule has 3 aliphatic rings. The minimum atomic E-state index is -0.0480. The zero-order chi connectivity index (χ0) is 7.47. The van der Waals surface area contributed by atoms with E-state index in [0.29, 0.717) is 12.0 Å². The highest BCUT2D eigenvalue weighted by Crippen LogP contribution is 2.60. The van der Waals surface area contributed by atoms with Crippen LogP contribution in [-0.2, 0) is 4.74 Å². The maximum atomic E-state index is 9.04. The molecule has 11 heavy (non-hydrogen) atoms. The van der Waals surface area contributed by atoms with Crippen molar-refractivity contribution in [3.05, 3.63) is 0 Å². The Morgan fingerprint density at radius 3 is 3.00 bits per heavy atom. The van der Waals surface area contributed by atoms with E-state index in [2.05, 4.69) is 6.07 Å². The first-order chi connectivity index (χ1) is 5.34. The summed E-state index contributed by atoms with van der Waals surface area (Å²) in [4.78, 5) is 0. The van der Waals surface area contributed by atoms with Crippen LogP contribution < -0.4 is 0 Å². The van der Waals surface area contributed by atoms with E-state index in [-0.39, 0.29) is 5.41 Å². The fourth-order valence-corrected chi connectivity index (χ4v) is 3.28. The molecule has 2 saturated carbocycles. The Hall–Kier alpha value is -0.550. The van der Waals surface area contributed by atoms with Crippen LogP contribution in [0.1, 0.15) is 19.3 Å². The summed E-state index contributed by atoms with van der Waals surface area (Å²) in [5.41, 5.74) is -0.0480. The molecule has 3 rings (SSSR count). The van der Waals surface area contributed by atoms with Crippen molar-refractivity contribution in [1.82, 2.24) is 0 Å². The first kappa shape index (κ1) is 6.02. The molecular formula is C9H11NO. The number of nitrogens with zero attached hydrogens (tertiary/aromatic N) is 1. The molecule has 2 bridgehead atoms. The Kier molecular flexibility index (Phi) is 0.883. The summed E-state index contributed by atoms with van der Waals surface area (Å²) in [7, 11) is 0. The van der Waals surface area contributed by atoms with Crippen molar-refractivity contribution in [2.24, 2.45) is 17.3 Å². The summed E-state index contributed by atoms with van der Waals surface area (Å²) in [5, 5.41) is 9.04. The van der Waals surface area contributed by atoms with E-state index < -0.39 is 0 Å². The molecule has 3 fully saturated rings. The van der Waals surface area contributed by atoms with Crippen LogP contribution >= 0.6 is 0 Å². The van der Waals surface area contributed by atoms with Gasteiger partial charge in [0, 0.05) is 5.92 Å². The fraction of sp³-hybridized carbons (Fsp3) is 0.889. The molecule has 0 aromatic heterocycles. The maximum Gasteiger partial charge on any atom is 0.0862 e. The second-order valence-electron chi connectivity index (χ2n) is 4.27. The number of fused-ring (bicyclic) bond motifs is 1. The van der Waals surface area contributed by atoms with Crippen LogP contribution in [-0.4, -0.2) is 12.7 Å². The largest absolute Gasteiger partial charge is 0.376 e. The molecule has 0 aromatic carbocycles. The predicted octanol–water partition coefficient (Wildman–Crippen LogP) is 1.33. The molecule has 0 amide bonds. The van der Waals surface area contributed by atoms with Gasteiger partial charge in [-0.15, -0.1) is 0 Å². The number of rotatable bonds is 0. The Labute approximate surface area is 66.1 Å². The van der Waals surface area contributed by atoms with Crippen molar-refractivity contribution >= 4 is 0 Å². The van der Waals surface area contributed by atoms with E-state index in [9.17, 15) is 0 Å². The van der Waals surface area contributed by atoms with Gasteiger partial charge in [-0.3, -0.25) is 0 Å². The quantitative estimate of drug-likeness (QED) is 0.520. The lowest BCUT2D eigenvalue weighted by Crippen LogP contribution is -2.27. The molecule has 2 aliphatic carbocycles. The minimum Gasteiger partial charge on any atom is -0.376 e. The second-order valence-corrected chi connectivity index (χ2v) is 4.27. The number of ether oxygens (including phenoxy) is 1. The van der Waals surface area contributed by atoms with Gasteiger partial charge in [0.05, 0.1) is 24.2 Å². The number of hydrogen-bond acceptors (Lipinski definition) is 2. The molecule has 1 heterocycles. The molecule has 4 unspecified atom stereocenters. The highest BCUT2D eigenvalue weighted by Gasteiger charge is 2.61. The molecule has 2 heteroatoms. The summed E-state index contributed by atoms with van der Waals surface area (Å²) in [6, 6.07) is 2.48. The highest BCUT2D eigenvalue weighted by atomic mass is 16.5. The third-order valence-corrected chi connectivity index (χ3v) is 3.74. The van der Waals surface area contributed by atoms with Gasteiger partial charge in [-0.2, -0.15) is 5.26 Å². The van der Waals surface area contributed by atoms with Crippen molar-refractivity contribution < 1.29 is 4.74 Å². The molecule has 0 spiro atoms. The maximum absolute atomic E-state index is 9.04. The Bertz CT molecular complexity index is 244. The molecule has 0 aromatic rings. The standard InChI is InChI=1S/C9H11NO/c10-4-9-3-6-1-7(9)8(2-6)11-5-9/h6-8H,1-3,5H2. The van der Waals surface area contributed by atoms with E-state index in [1.165, 1.54) is 12.8 Å². The summed E-state index contributed by atoms with van der Waals surface area (Å²) < 4.78 is 5.60. The van der Waals surface area contributed by atoms with Crippen molar-refractivity contribution in [2.45, 2.75) is 25.4 Å². The molecule has 4 atom stereocenters. The minimum absolute atomic E-state index is 0.0480. The molecular weight excluding hydrogens is 138 g/mol. The number of hydrogen-bond donors (Lipinski definition) is 0. The van der Waals surface area contributed by atoms with Gasteiger partial charge in [0.15, 0.2) is 0 Å². The van der Waals surface area contributed by atoms with Gasteiger partial charge >= 0.3 is 0 Å². The SMILES string of the molecule is N#CC12COC3CC(CC31)C2. The van der Waals surface area contributed by atoms with Gasteiger partial charge in [-0.1, -0.05) is 0 Å². The van der Waals surface area contributed by atoms with Crippen LogP contribution in [0.15, 0.2) is 0 Å². The first-order valence-corrected chi connectivity index (χ1v) is 4.37. The number of nitriles is 1. The van der Waals surface area contributed by atoms with E-state index in [0.717, 1.165) is 18.9 Å². The second kappa shape index (κ2) is 1.61. The van der Waals surface area contributed by atoms with Crippen LogP contribution in [0, 0.1) is 28.6 Å². The van der Waals surface area contributed by atoms with E-state index in [1.54, 1.807) is 0 Å². The normalized spacial score (nSPS) is 58.3. The highest BCUT2D eigenvalue weighted by molar-refractivity contribution is 5.17. The van der Waals surface area contributed by atoms with Crippen molar-refractivity contribution in [2.75, 3.05) is 6.61 Å². The van der Waals surface area contributed by atoms with E-state index in [1.807, 2.05) is 0 Å². The average molecular weight is 149 g/mol. The first-order valence-electron chi connectivity index (χ1n) is 4.37. The van der Waals surface area contributed by atoms with Gasteiger partial charge in [0.25, 0.3) is 0 Å². The van der Waals surface area contributed by atoms with Crippen molar-refractivity contribution in [3.63, 3.8) is 0 Å². The van der Waals surface area contributed by atoms with Crippen molar-refractivity contribution in [3.8, 4) is 6.07 Å². The lowest BCUT2D eigenvalue weighted by atomic mass is 9.76. The molecule has 1 aliphatic heterocycles. The van der Waals surface area contributed by atoms with Gasteiger partial charge in [-0.25, -0.2) is 0 Å². The predicted molar refractivity (Wildman–Crippen MR) is 38.6 cm³/mol. The summed E-state index contributed by atoms with van der Waals surface area (Å²) in [6.07, 6.45) is 4.06. The summed E-state index contributed by atoms with van der Waals surface area (Å²) >= 11 is 0. The van der Waals surface area contributed by atoms with E-state index in [4.69, 9.17) is 10.00 Å². The van der Waals surface area contributed by atoms with Gasteiger partial charge in [0.1, 0.15) is 0 Å². The molecule has 0 radical (unpaired) electrons. The Morgan fingerprint density at radius 1 is 1.45 bits per heavy atom. The van der Waals surface area contributed by atoms with Gasteiger partial charge in [0.2, 0.25) is 0 Å². The molecule has 0 N–H and O–H groups in total. The summed E-state index contributed by atoms with van der Waals surface area (Å²) in [5.74, 6) is 1.41. The van der Waals surface area contributed by atoms with Crippen LogP contribution in [0.4, 0.5) is 0 Å². The van der Waals surface area contributed by atoms with E-state index >= 15 is 0 Å². The Morgan fingerprint density at radius 2 is 2.36 bits per heavy atom. The van der Waals surface area contributed by atoms with Crippen LogP contribution in [0.25, 0.3) is 0 Å². The van der Waals surface area contributed by atoms with Gasteiger partial charge < -0.3 is 4.74 Å². The summed E-state index contributed by atoms with van der Waals surface area (Å²) in [6.45, 7) is 0.718. The lowest BCUT2D eigenvalue weighted by molar-refractivity contribution is 0.101. The molecule has 2 nitrogen and oxygen atoms in total. The molecule has 1 saturated heterocycles. The average Bonchev–Trinajstić information content (AvgIpc) is 2.56. The zero-order valence-corrected chi connectivity index (χ0v) is 6.42. The van der Waals surface area contributed by atoms with Crippen LogP contribution in [0.5, 0.6) is 0 Å². The van der Waals surface area contributed by atoms with Gasteiger partial charge in [-0.05, 0) is 25.2 Å². The topological polar surface area (TPSA) is 33.0 Å². The smallest absolute Gasteiger partial charge is 0.0862 e. The Balaban J connectivity index is 2.07. The molecule has 58 valence electrons. The fourth-order valence-electron chi connectivity index (χ4n) is 3.28. The van der Waals surface area contributed by atoms with Crippen LogP contribution in [0.2, 0.25) is 0 Å². The third kappa shape index (κ3) is 0.530. The monoisotopic (exact) mass is 149 g/mol. The zero-order valence-electron chi connectivity index (χ0n) is 6.42. The third-order valence-electron chi connectivity index (χ3n) is 3.74. The lowest BCUT2D eigenvalue weighted by Gasteiger charge is -2.22.